The fourth-order valence-corrected chi connectivity index (χ4v) is 3.82. The van der Waals surface area contributed by atoms with Gasteiger partial charge in [-0.15, -0.1) is 0 Å². The fourth-order valence-electron chi connectivity index (χ4n) is 3.82. The highest BCUT2D eigenvalue weighted by Gasteiger charge is 2.51. The van der Waals surface area contributed by atoms with Gasteiger partial charge in [0.15, 0.2) is 6.10 Å². The van der Waals surface area contributed by atoms with E-state index in [1.165, 1.54) is 0 Å². The smallest absolute Gasteiger partial charge is 0.255 e. The summed E-state index contributed by atoms with van der Waals surface area (Å²) < 4.78 is 1.78. The zero-order valence-corrected chi connectivity index (χ0v) is 15.5. The Bertz CT molecular complexity index is 973. The maximum Gasteiger partial charge on any atom is 0.255 e. The average Bonchev–Trinajstić information content (AvgIpc) is 2.72. The van der Waals surface area contributed by atoms with Crippen molar-refractivity contribution in [3.63, 3.8) is 0 Å². The minimum Gasteiger partial charge on any atom is -0.381 e. The van der Waals surface area contributed by atoms with E-state index in [4.69, 9.17) is 0 Å². The van der Waals surface area contributed by atoms with E-state index in [0.29, 0.717) is 5.71 Å². The van der Waals surface area contributed by atoms with Crippen LogP contribution in [-0.4, -0.2) is 40.9 Å². The van der Waals surface area contributed by atoms with E-state index in [0.717, 1.165) is 29.2 Å². The van der Waals surface area contributed by atoms with Crippen LogP contribution < -0.4 is 4.90 Å². The van der Waals surface area contributed by atoms with Crippen molar-refractivity contribution in [1.82, 2.24) is 0 Å². The summed E-state index contributed by atoms with van der Waals surface area (Å²) in [6.45, 7) is 2.88. The number of rotatable bonds is 3. The molecule has 0 spiro atoms. The second-order valence-corrected chi connectivity index (χ2v) is 6.84. The second-order valence-electron chi connectivity index (χ2n) is 6.84. The van der Waals surface area contributed by atoms with Crippen LogP contribution in [-0.2, 0) is 4.79 Å². The van der Waals surface area contributed by atoms with Crippen molar-refractivity contribution in [2.75, 3.05) is 18.5 Å². The number of carbonyl (C=O) groups is 1. The maximum absolute atomic E-state index is 12.8. The Labute approximate surface area is 159 Å². The fraction of sp³-hybridized carbons (Fsp3) is 0.217. The first-order chi connectivity index (χ1) is 13.1. The van der Waals surface area contributed by atoms with E-state index in [2.05, 4.69) is 30.0 Å². The zero-order valence-electron chi connectivity index (χ0n) is 15.5. The van der Waals surface area contributed by atoms with Gasteiger partial charge in [-0.05, 0) is 30.7 Å². The third-order valence-corrected chi connectivity index (χ3v) is 5.32. The predicted octanol–water partition coefficient (Wildman–Crippen LogP) is 3.40. The van der Waals surface area contributed by atoms with Gasteiger partial charge in [-0.25, -0.2) is 0 Å². The molecule has 2 aromatic rings. The van der Waals surface area contributed by atoms with Crippen LogP contribution in [0, 0.1) is 5.92 Å². The minimum absolute atomic E-state index is 0.0235. The molecule has 136 valence electrons. The third kappa shape index (κ3) is 2.92. The molecule has 0 aromatic heterocycles. The molecule has 2 atom stereocenters. The van der Waals surface area contributed by atoms with Crippen LogP contribution in [0.15, 0.2) is 72.4 Å². The van der Waals surface area contributed by atoms with Gasteiger partial charge < -0.3 is 10.0 Å². The SMILES string of the molecule is CCN1C(=CC2C(=O)C(=[N+](C)c3ccccc3)C2O)C=Cc2ccccc21. The molecular weight excluding hydrogens is 336 g/mol. The Kier molecular flexibility index (Phi) is 4.50. The first-order valence-corrected chi connectivity index (χ1v) is 9.26. The normalized spacial score (nSPS) is 24.6. The summed E-state index contributed by atoms with van der Waals surface area (Å²) in [6.07, 6.45) is 5.18. The van der Waals surface area contributed by atoms with Crippen LogP contribution >= 0.6 is 0 Å². The monoisotopic (exact) mass is 359 g/mol. The number of aliphatic hydroxyl groups is 1. The summed E-state index contributed by atoms with van der Waals surface area (Å²) >= 11 is 0. The number of anilines is 1. The number of fused-ring (bicyclic) bond motifs is 1. The van der Waals surface area contributed by atoms with Gasteiger partial charge in [-0.3, -0.25) is 4.79 Å². The zero-order chi connectivity index (χ0) is 19.0. The van der Waals surface area contributed by atoms with Crippen LogP contribution in [0.3, 0.4) is 0 Å². The van der Waals surface area contributed by atoms with Gasteiger partial charge in [0.2, 0.25) is 11.5 Å². The summed E-state index contributed by atoms with van der Waals surface area (Å²) in [5.74, 6) is -0.533. The second kappa shape index (κ2) is 6.97. The lowest BCUT2D eigenvalue weighted by Gasteiger charge is -2.33. The number of carbonyl (C=O) groups excluding carboxylic acids is 1. The molecule has 1 fully saturated rings. The number of allylic oxidation sites excluding steroid dienone is 1. The molecule has 4 rings (SSSR count). The van der Waals surface area contributed by atoms with Crippen molar-refractivity contribution in [2.45, 2.75) is 13.0 Å². The molecule has 0 radical (unpaired) electrons. The van der Waals surface area contributed by atoms with E-state index in [9.17, 15) is 9.90 Å². The number of benzene rings is 2. The Hall–Kier alpha value is -2.98. The standard InChI is InChI=1S/C23H23N2O2/c1-3-25-18(14-13-16-9-7-8-12-20(16)25)15-19-22(26)21(23(19)27)24(2)17-10-5-4-6-11-17/h4-15,19,22,26H,3H2,1-2H3/q+1. The summed E-state index contributed by atoms with van der Waals surface area (Å²) in [5.41, 5.74) is 4.59. The highest BCUT2D eigenvalue weighted by Crippen LogP contribution is 2.33. The summed E-state index contributed by atoms with van der Waals surface area (Å²) in [7, 11) is 1.82. The van der Waals surface area contributed by atoms with Crippen LogP contribution in [0.2, 0.25) is 0 Å². The number of para-hydroxylation sites is 2. The predicted molar refractivity (Wildman–Crippen MR) is 108 cm³/mol. The number of Topliss-reactive ketones (excluding diaryl/α,β-unsaturated/α-hetero) is 1. The number of aliphatic hydroxyl groups excluding tert-OH is 1. The molecule has 27 heavy (non-hydrogen) atoms. The molecule has 1 saturated carbocycles. The average molecular weight is 359 g/mol. The van der Waals surface area contributed by atoms with Gasteiger partial charge >= 0.3 is 0 Å². The van der Waals surface area contributed by atoms with Gasteiger partial charge in [0.05, 0.1) is 5.92 Å². The quantitative estimate of drug-likeness (QED) is 0.855. The summed E-state index contributed by atoms with van der Waals surface area (Å²) in [4.78, 5) is 15.0. The first kappa shape index (κ1) is 17.4. The van der Waals surface area contributed by atoms with Crippen molar-refractivity contribution in [2.24, 2.45) is 5.92 Å². The van der Waals surface area contributed by atoms with Crippen molar-refractivity contribution in [3.05, 3.63) is 78.0 Å². The minimum atomic E-state index is -0.792. The summed E-state index contributed by atoms with van der Waals surface area (Å²) in [6, 6.07) is 17.8. The number of hydrogen-bond acceptors (Lipinski definition) is 3. The van der Waals surface area contributed by atoms with E-state index < -0.39 is 12.0 Å². The molecule has 1 aliphatic carbocycles. The molecule has 2 aliphatic rings. The topological polar surface area (TPSA) is 43.5 Å². The van der Waals surface area contributed by atoms with Gasteiger partial charge in [0, 0.05) is 30.1 Å². The maximum atomic E-state index is 12.8. The van der Waals surface area contributed by atoms with E-state index >= 15 is 0 Å². The molecule has 4 nitrogen and oxygen atoms in total. The molecule has 2 aromatic carbocycles. The van der Waals surface area contributed by atoms with Crippen molar-refractivity contribution >= 4 is 28.9 Å². The molecule has 0 amide bonds. The molecular formula is C23H23N2O2+. The molecule has 0 saturated heterocycles. The number of ketones is 1. The van der Waals surface area contributed by atoms with Crippen LogP contribution in [0.25, 0.3) is 6.08 Å². The number of nitrogens with zero attached hydrogens (tertiary/aromatic N) is 2. The van der Waals surface area contributed by atoms with Crippen LogP contribution in [0.5, 0.6) is 0 Å². The van der Waals surface area contributed by atoms with Crippen molar-refractivity contribution < 1.29 is 14.5 Å². The lowest BCUT2D eigenvalue weighted by molar-refractivity contribution is -0.410. The molecule has 0 bridgehead atoms. The Morgan fingerprint density at radius 1 is 1.07 bits per heavy atom. The highest BCUT2D eigenvalue weighted by atomic mass is 16.3. The van der Waals surface area contributed by atoms with Gasteiger partial charge in [0.1, 0.15) is 7.05 Å². The largest absolute Gasteiger partial charge is 0.381 e. The lowest BCUT2D eigenvalue weighted by atomic mass is 9.77. The molecule has 4 heteroatoms. The summed E-state index contributed by atoms with van der Waals surface area (Å²) in [5, 5.41) is 10.7. The number of hydrogen-bond donors (Lipinski definition) is 1. The Balaban J connectivity index is 1.64. The third-order valence-electron chi connectivity index (χ3n) is 5.32. The van der Waals surface area contributed by atoms with Gasteiger partial charge in [-0.1, -0.05) is 42.5 Å². The Morgan fingerprint density at radius 2 is 1.78 bits per heavy atom. The van der Waals surface area contributed by atoms with E-state index in [1.54, 1.807) is 4.58 Å². The number of likely N-dealkylation sites (N-methyl/N-ethyl adjacent to an activating group) is 1. The van der Waals surface area contributed by atoms with E-state index in [1.807, 2.05) is 61.7 Å². The van der Waals surface area contributed by atoms with Crippen LogP contribution in [0.4, 0.5) is 11.4 Å². The van der Waals surface area contributed by atoms with E-state index in [-0.39, 0.29) is 5.78 Å². The molecule has 1 heterocycles. The Morgan fingerprint density at radius 3 is 2.48 bits per heavy atom. The van der Waals surface area contributed by atoms with Crippen molar-refractivity contribution in [3.8, 4) is 0 Å². The molecule has 1 aliphatic heterocycles. The van der Waals surface area contributed by atoms with Gasteiger partial charge in [0.25, 0.3) is 5.71 Å². The first-order valence-electron chi connectivity index (χ1n) is 9.26. The molecule has 2 unspecified atom stereocenters. The lowest BCUT2D eigenvalue weighted by Crippen LogP contribution is -2.55. The van der Waals surface area contributed by atoms with Crippen LogP contribution in [0.1, 0.15) is 12.5 Å². The highest BCUT2D eigenvalue weighted by molar-refractivity contribution is 6.48. The van der Waals surface area contributed by atoms with Gasteiger partial charge in [-0.2, -0.15) is 4.58 Å². The molecule has 1 N–H and O–H groups in total. The van der Waals surface area contributed by atoms with Crippen molar-refractivity contribution in [1.29, 1.82) is 0 Å².